The molecule has 0 aliphatic carbocycles. The average molecular weight is 337 g/mol. The number of carbonyl (C=O) groups is 2. The molecule has 132 valence electrons. The maximum absolute atomic E-state index is 12.0. The molecule has 1 aliphatic heterocycles. The molecule has 24 heavy (non-hydrogen) atoms. The van der Waals surface area contributed by atoms with Crippen molar-refractivity contribution in [1.82, 2.24) is 14.9 Å². The number of hydrogen-bond donors (Lipinski definition) is 0. The topological polar surface area (TPSA) is 90.9 Å². The molecule has 1 aliphatic rings. The minimum Gasteiger partial charge on any atom is -0.473 e. The number of ether oxygens (including phenoxy) is 3. The molecule has 2 heterocycles. The monoisotopic (exact) mass is 337 g/mol. The summed E-state index contributed by atoms with van der Waals surface area (Å²) in [6, 6.07) is 0. The number of nitrogens with zero attached hydrogens (tertiary/aromatic N) is 3. The van der Waals surface area contributed by atoms with Crippen LogP contribution in [0.5, 0.6) is 5.88 Å². The van der Waals surface area contributed by atoms with E-state index in [0.717, 1.165) is 0 Å². The van der Waals surface area contributed by atoms with Gasteiger partial charge in [-0.05, 0) is 20.8 Å². The minimum atomic E-state index is -0.542. The van der Waals surface area contributed by atoms with E-state index in [1.54, 1.807) is 4.90 Å². The van der Waals surface area contributed by atoms with E-state index in [4.69, 9.17) is 9.47 Å². The van der Waals surface area contributed by atoms with Crippen molar-refractivity contribution >= 4 is 12.1 Å². The summed E-state index contributed by atoms with van der Waals surface area (Å²) in [5, 5.41) is 0. The summed E-state index contributed by atoms with van der Waals surface area (Å²) >= 11 is 0. The molecule has 0 N–H and O–H groups in total. The molecule has 1 fully saturated rings. The maximum Gasteiger partial charge on any atom is 0.410 e. The molecule has 1 aromatic rings. The van der Waals surface area contributed by atoms with Gasteiger partial charge in [0.05, 0.1) is 19.5 Å². The van der Waals surface area contributed by atoms with Crippen molar-refractivity contribution in [2.45, 2.75) is 45.3 Å². The van der Waals surface area contributed by atoms with E-state index in [9.17, 15) is 9.59 Å². The van der Waals surface area contributed by atoms with Gasteiger partial charge in [0.25, 0.3) is 0 Å². The summed E-state index contributed by atoms with van der Waals surface area (Å²) in [6.07, 6.45) is 3.72. The Hall–Kier alpha value is -2.38. The van der Waals surface area contributed by atoms with Crippen LogP contribution in [0.1, 0.15) is 44.1 Å². The van der Waals surface area contributed by atoms with Crippen molar-refractivity contribution in [3.8, 4) is 5.88 Å². The fourth-order valence-electron chi connectivity index (χ4n) is 2.24. The van der Waals surface area contributed by atoms with Gasteiger partial charge in [-0.2, -0.15) is 0 Å². The summed E-state index contributed by atoms with van der Waals surface area (Å²) in [4.78, 5) is 33.0. The van der Waals surface area contributed by atoms with Gasteiger partial charge in [-0.1, -0.05) is 0 Å². The quantitative estimate of drug-likeness (QED) is 0.779. The Balaban J connectivity index is 1.82. The second-order valence-corrected chi connectivity index (χ2v) is 6.52. The van der Waals surface area contributed by atoms with E-state index in [2.05, 4.69) is 14.7 Å². The highest BCUT2D eigenvalue weighted by Gasteiger charge is 2.27. The van der Waals surface area contributed by atoms with Gasteiger partial charge in [0.1, 0.15) is 11.7 Å². The minimum absolute atomic E-state index is 0.0537. The van der Waals surface area contributed by atoms with Crippen molar-refractivity contribution in [1.29, 1.82) is 0 Å². The second-order valence-electron chi connectivity index (χ2n) is 6.52. The molecule has 1 amide bonds. The molecule has 1 aromatic heterocycles. The highest BCUT2D eigenvalue weighted by molar-refractivity contribution is 5.86. The first-order chi connectivity index (χ1) is 11.3. The number of amides is 1. The zero-order valence-corrected chi connectivity index (χ0v) is 14.4. The number of carbonyl (C=O) groups excluding carboxylic acids is 2. The SMILES string of the molecule is COC(=O)c1cnc(OC2CCN(C(=O)OC(C)(C)C)CC2)cn1. The third-order valence-corrected chi connectivity index (χ3v) is 3.40. The van der Waals surface area contributed by atoms with Crippen LogP contribution in [0.25, 0.3) is 0 Å². The van der Waals surface area contributed by atoms with Gasteiger partial charge in [-0.3, -0.25) is 0 Å². The number of piperidine rings is 1. The lowest BCUT2D eigenvalue weighted by Crippen LogP contribution is -2.44. The van der Waals surface area contributed by atoms with Gasteiger partial charge < -0.3 is 19.1 Å². The Morgan fingerprint density at radius 2 is 1.83 bits per heavy atom. The van der Waals surface area contributed by atoms with Crippen LogP contribution < -0.4 is 4.74 Å². The molecule has 0 saturated carbocycles. The summed E-state index contributed by atoms with van der Waals surface area (Å²) in [6.45, 7) is 6.66. The van der Waals surface area contributed by atoms with Crippen LogP contribution in [0.4, 0.5) is 4.79 Å². The molecule has 0 spiro atoms. The number of rotatable bonds is 3. The molecule has 0 atom stereocenters. The van der Waals surface area contributed by atoms with Crippen LogP contribution in [0.3, 0.4) is 0 Å². The van der Waals surface area contributed by atoms with E-state index in [0.29, 0.717) is 31.8 Å². The third-order valence-electron chi connectivity index (χ3n) is 3.40. The van der Waals surface area contributed by atoms with Crippen molar-refractivity contribution in [2.24, 2.45) is 0 Å². The Kier molecular flexibility index (Phi) is 5.58. The lowest BCUT2D eigenvalue weighted by atomic mass is 10.1. The predicted molar refractivity (Wildman–Crippen MR) is 84.8 cm³/mol. The molecule has 0 bridgehead atoms. The van der Waals surface area contributed by atoms with Crippen molar-refractivity contribution < 1.29 is 23.8 Å². The highest BCUT2D eigenvalue weighted by atomic mass is 16.6. The van der Waals surface area contributed by atoms with Gasteiger partial charge in [0.15, 0.2) is 5.69 Å². The lowest BCUT2D eigenvalue weighted by Gasteiger charge is -2.33. The first kappa shape index (κ1) is 18.0. The first-order valence-electron chi connectivity index (χ1n) is 7.83. The lowest BCUT2D eigenvalue weighted by molar-refractivity contribution is 0.0122. The largest absolute Gasteiger partial charge is 0.473 e. The molecule has 0 aromatic carbocycles. The summed E-state index contributed by atoms with van der Waals surface area (Å²) in [5.41, 5.74) is -0.369. The van der Waals surface area contributed by atoms with Crippen molar-refractivity contribution in [2.75, 3.05) is 20.2 Å². The Morgan fingerprint density at radius 3 is 2.33 bits per heavy atom. The van der Waals surface area contributed by atoms with Crippen LogP contribution in [0, 0.1) is 0 Å². The van der Waals surface area contributed by atoms with E-state index in [1.165, 1.54) is 19.5 Å². The van der Waals surface area contributed by atoms with Gasteiger partial charge >= 0.3 is 12.1 Å². The van der Waals surface area contributed by atoms with Gasteiger partial charge in [0.2, 0.25) is 5.88 Å². The first-order valence-corrected chi connectivity index (χ1v) is 7.83. The molecule has 0 radical (unpaired) electrons. The normalized spacial score (nSPS) is 15.8. The zero-order valence-electron chi connectivity index (χ0n) is 14.4. The standard InChI is InChI=1S/C16H23N3O5/c1-16(2,3)24-15(21)19-7-5-11(6-8-19)23-13-10-17-12(9-18-13)14(20)22-4/h9-11H,5-8H2,1-4H3. The smallest absolute Gasteiger partial charge is 0.410 e. The summed E-state index contributed by atoms with van der Waals surface area (Å²) < 4.78 is 15.7. The van der Waals surface area contributed by atoms with Gasteiger partial charge in [0, 0.05) is 25.9 Å². The van der Waals surface area contributed by atoms with Gasteiger partial charge in [-0.15, -0.1) is 0 Å². The molecule has 2 rings (SSSR count). The van der Waals surface area contributed by atoms with Gasteiger partial charge in [-0.25, -0.2) is 19.6 Å². The number of aromatic nitrogens is 2. The Morgan fingerprint density at radius 1 is 1.17 bits per heavy atom. The molecule has 0 unspecified atom stereocenters. The van der Waals surface area contributed by atoms with E-state index >= 15 is 0 Å². The van der Waals surface area contributed by atoms with Crippen LogP contribution in [0.2, 0.25) is 0 Å². The molecule has 8 heteroatoms. The average Bonchev–Trinajstić information content (AvgIpc) is 2.54. The molecule has 1 saturated heterocycles. The van der Waals surface area contributed by atoms with Crippen LogP contribution in [-0.4, -0.2) is 58.8 Å². The molecule has 8 nitrogen and oxygen atoms in total. The highest BCUT2D eigenvalue weighted by Crippen LogP contribution is 2.19. The predicted octanol–water partition coefficient (Wildman–Crippen LogP) is 2.04. The number of likely N-dealkylation sites (tertiary alicyclic amines) is 1. The maximum atomic E-state index is 12.0. The summed E-state index contributed by atoms with van der Waals surface area (Å²) in [7, 11) is 1.28. The Labute approximate surface area is 141 Å². The van der Waals surface area contributed by atoms with Crippen LogP contribution in [0.15, 0.2) is 12.4 Å². The fourth-order valence-corrected chi connectivity index (χ4v) is 2.24. The Bertz CT molecular complexity index is 574. The van der Waals surface area contributed by atoms with E-state index in [1.807, 2.05) is 20.8 Å². The second kappa shape index (κ2) is 7.46. The van der Waals surface area contributed by atoms with E-state index < -0.39 is 11.6 Å². The van der Waals surface area contributed by atoms with Crippen molar-refractivity contribution in [3.05, 3.63) is 18.1 Å². The molecular formula is C16H23N3O5. The zero-order chi connectivity index (χ0) is 17.7. The van der Waals surface area contributed by atoms with Crippen molar-refractivity contribution in [3.63, 3.8) is 0 Å². The number of methoxy groups -OCH3 is 1. The van der Waals surface area contributed by atoms with Crippen LogP contribution in [-0.2, 0) is 9.47 Å². The van der Waals surface area contributed by atoms with E-state index in [-0.39, 0.29) is 17.9 Å². The third kappa shape index (κ3) is 5.07. The number of esters is 1. The van der Waals surface area contributed by atoms with Crippen LogP contribution >= 0.6 is 0 Å². The number of hydrogen-bond acceptors (Lipinski definition) is 7. The fraction of sp³-hybridized carbons (Fsp3) is 0.625. The molecular weight excluding hydrogens is 314 g/mol. The summed E-state index contributed by atoms with van der Waals surface area (Å²) in [5.74, 6) is -0.196.